The highest BCUT2D eigenvalue weighted by molar-refractivity contribution is 7.89. The molecule has 0 spiro atoms. The number of hydrogen-bond acceptors (Lipinski definition) is 4. The summed E-state index contributed by atoms with van der Waals surface area (Å²) in [5.41, 5.74) is 5.64. The molecule has 1 aliphatic rings. The number of halogens is 1. The maximum absolute atomic E-state index is 13.8. The Hall–Kier alpha value is -1.51. The zero-order valence-electron chi connectivity index (χ0n) is 13.9. The predicted molar refractivity (Wildman–Crippen MR) is 89.1 cm³/mol. The summed E-state index contributed by atoms with van der Waals surface area (Å²) in [5, 5.41) is 0. The first kappa shape index (κ1) is 18.8. The van der Waals surface area contributed by atoms with Crippen LogP contribution in [0.3, 0.4) is 0 Å². The minimum Gasteiger partial charge on any atom is -0.341 e. The normalized spacial score (nSPS) is 19.7. The van der Waals surface area contributed by atoms with E-state index in [-0.39, 0.29) is 17.7 Å². The second-order valence-corrected chi connectivity index (χ2v) is 8.13. The van der Waals surface area contributed by atoms with Gasteiger partial charge in [-0.1, -0.05) is 26.0 Å². The van der Waals surface area contributed by atoms with Crippen molar-refractivity contribution in [2.75, 3.05) is 19.6 Å². The number of benzene rings is 1. The second kappa shape index (κ2) is 7.58. The monoisotopic (exact) mass is 357 g/mol. The third-order valence-electron chi connectivity index (χ3n) is 4.27. The number of carbonyl (C=O) groups is 1. The first-order valence-electron chi connectivity index (χ1n) is 8.02. The fourth-order valence-corrected chi connectivity index (χ4v) is 4.20. The third kappa shape index (κ3) is 4.12. The standard InChI is InChI=1S/C16H24FN3O3S/c1-11(2)15(16(21)20-8-7-12(9-18)10-20)19-24(22,23)14-6-4-3-5-13(14)17/h3-6,11-12,15,19H,7-10,18H2,1-2H3. The average molecular weight is 357 g/mol. The summed E-state index contributed by atoms with van der Waals surface area (Å²) < 4.78 is 41.1. The molecule has 0 aromatic heterocycles. The molecule has 1 amide bonds. The molecule has 2 rings (SSSR count). The van der Waals surface area contributed by atoms with Gasteiger partial charge in [-0.3, -0.25) is 4.79 Å². The van der Waals surface area contributed by atoms with E-state index in [1.54, 1.807) is 18.7 Å². The van der Waals surface area contributed by atoms with E-state index in [4.69, 9.17) is 5.73 Å². The number of nitrogens with one attached hydrogen (secondary N) is 1. The molecular formula is C16H24FN3O3S. The van der Waals surface area contributed by atoms with Crippen LogP contribution in [-0.2, 0) is 14.8 Å². The largest absolute Gasteiger partial charge is 0.341 e. The Balaban J connectivity index is 2.20. The number of hydrogen-bond donors (Lipinski definition) is 2. The molecule has 6 nitrogen and oxygen atoms in total. The van der Waals surface area contributed by atoms with Gasteiger partial charge in [0.05, 0.1) is 0 Å². The summed E-state index contributed by atoms with van der Waals surface area (Å²) in [6, 6.07) is 4.17. The number of rotatable bonds is 6. The summed E-state index contributed by atoms with van der Waals surface area (Å²) in [6.45, 7) is 5.09. The van der Waals surface area contributed by atoms with Gasteiger partial charge in [0, 0.05) is 13.1 Å². The highest BCUT2D eigenvalue weighted by Gasteiger charge is 2.35. The number of likely N-dealkylation sites (tertiary alicyclic amines) is 1. The maximum atomic E-state index is 13.8. The van der Waals surface area contributed by atoms with Crippen LogP contribution in [-0.4, -0.2) is 44.9 Å². The van der Waals surface area contributed by atoms with E-state index in [1.807, 2.05) is 0 Å². The second-order valence-electron chi connectivity index (χ2n) is 6.45. The van der Waals surface area contributed by atoms with Gasteiger partial charge in [-0.2, -0.15) is 4.72 Å². The Kier molecular flexibility index (Phi) is 5.95. The quantitative estimate of drug-likeness (QED) is 0.792. The first-order valence-corrected chi connectivity index (χ1v) is 9.50. The fourth-order valence-electron chi connectivity index (χ4n) is 2.79. The number of amides is 1. The van der Waals surface area contributed by atoms with Crippen LogP contribution < -0.4 is 10.5 Å². The molecular weight excluding hydrogens is 333 g/mol. The summed E-state index contributed by atoms with van der Waals surface area (Å²) in [6.07, 6.45) is 0.813. The van der Waals surface area contributed by atoms with E-state index in [1.165, 1.54) is 18.2 Å². The van der Waals surface area contributed by atoms with Crippen LogP contribution in [0, 0.1) is 17.7 Å². The van der Waals surface area contributed by atoms with Crippen molar-refractivity contribution in [1.82, 2.24) is 9.62 Å². The molecule has 24 heavy (non-hydrogen) atoms. The Labute approximate surface area is 142 Å². The lowest BCUT2D eigenvalue weighted by atomic mass is 10.0. The average Bonchev–Trinajstić information content (AvgIpc) is 3.01. The summed E-state index contributed by atoms with van der Waals surface area (Å²) in [5.74, 6) is -1.16. The van der Waals surface area contributed by atoms with Crippen LogP contribution in [0.1, 0.15) is 20.3 Å². The molecule has 1 heterocycles. The zero-order chi connectivity index (χ0) is 17.9. The number of sulfonamides is 1. The van der Waals surface area contributed by atoms with Crippen molar-refractivity contribution in [2.24, 2.45) is 17.6 Å². The van der Waals surface area contributed by atoms with E-state index in [2.05, 4.69) is 4.72 Å². The molecule has 134 valence electrons. The summed E-state index contributed by atoms with van der Waals surface area (Å²) in [4.78, 5) is 13.9. The number of nitrogens with two attached hydrogens (primary N) is 1. The van der Waals surface area contributed by atoms with Gasteiger partial charge in [0.15, 0.2) is 0 Å². The van der Waals surface area contributed by atoms with Gasteiger partial charge in [-0.15, -0.1) is 0 Å². The number of nitrogens with zero attached hydrogens (tertiary/aromatic N) is 1. The maximum Gasteiger partial charge on any atom is 0.244 e. The molecule has 1 fully saturated rings. The molecule has 2 unspecified atom stereocenters. The smallest absolute Gasteiger partial charge is 0.244 e. The highest BCUT2D eigenvalue weighted by atomic mass is 32.2. The van der Waals surface area contributed by atoms with Crippen LogP contribution in [0.15, 0.2) is 29.2 Å². The van der Waals surface area contributed by atoms with Crippen LogP contribution in [0.4, 0.5) is 4.39 Å². The minimum atomic E-state index is -4.13. The van der Waals surface area contributed by atoms with Gasteiger partial charge >= 0.3 is 0 Å². The van der Waals surface area contributed by atoms with Crippen molar-refractivity contribution in [3.05, 3.63) is 30.1 Å². The van der Waals surface area contributed by atoms with Crippen molar-refractivity contribution in [1.29, 1.82) is 0 Å². The lowest BCUT2D eigenvalue weighted by Gasteiger charge is -2.27. The van der Waals surface area contributed by atoms with Crippen LogP contribution in [0.2, 0.25) is 0 Å². The molecule has 0 radical (unpaired) electrons. The van der Waals surface area contributed by atoms with E-state index < -0.39 is 26.8 Å². The van der Waals surface area contributed by atoms with Crippen molar-refractivity contribution in [3.8, 4) is 0 Å². The lowest BCUT2D eigenvalue weighted by molar-refractivity contribution is -0.133. The van der Waals surface area contributed by atoms with E-state index in [9.17, 15) is 17.6 Å². The van der Waals surface area contributed by atoms with Gasteiger partial charge in [0.1, 0.15) is 16.8 Å². The van der Waals surface area contributed by atoms with E-state index in [0.29, 0.717) is 19.6 Å². The Bertz CT molecular complexity index is 694. The number of carbonyl (C=O) groups excluding carboxylic acids is 1. The molecule has 1 aromatic rings. The molecule has 0 bridgehead atoms. The molecule has 1 aromatic carbocycles. The van der Waals surface area contributed by atoms with Crippen molar-refractivity contribution in [2.45, 2.75) is 31.2 Å². The Morgan fingerprint density at radius 3 is 2.62 bits per heavy atom. The first-order chi connectivity index (χ1) is 11.3. The van der Waals surface area contributed by atoms with Gasteiger partial charge in [0.25, 0.3) is 0 Å². The molecule has 1 saturated heterocycles. The van der Waals surface area contributed by atoms with Crippen LogP contribution in [0.25, 0.3) is 0 Å². The minimum absolute atomic E-state index is 0.241. The summed E-state index contributed by atoms with van der Waals surface area (Å²) in [7, 11) is -4.13. The van der Waals surface area contributed by atoms with Gasteiger partial charge < -0.3 is 10.6 Å². The van der Waals surface area contributed by atoms with Crippen LogP contribution in [0.5, 0.6) is 0 Å². The molecule has 2 atom stereocenters. The van der Waals surface area contributed by atoms with E-state index in [0.717, 1.165) is 12.5 Å². The third-order valence-corrected chi connectivity index (χ3v) is 5.75. The van der Waals surface area contributed by atoms with Crippen molar-refractivity contribution >= 4 is 15.9 Å². The topological polar surface area (TPSA) is 92.5 Å². The lowest BCUT2D eigenvalue weighted by Crippen LogP contribution is -2.50. The Morgan fingerprint density at radius 2 is 2.08 bits per heavy atom. The van der Waals surface area contributed by atoms with Gasteiger partial charge in [-0.05, 0) is 36.9 Å². The molecule has 0 aliphatic carbocycles. The molecule has 3 N–H and O–H groups in total. The predicted octanol–water partition coefficient (Wildman–Crippen LogP) is 0.936. The zero-order valence-corrected chi connectivity index (χ0v) is 14.7. The van der Waals surface area contributed by atoms with Crippen molar-refractivity contribution in [3.63, 3.8) is 0 Å². The van der Waals surface area contributed by atoms with Gasteiger partial charge in [0.2, 0.25) is 15.9 Å². The van der Waals surface area contributed by atoms with Crippen LogP contribution >= 0.6 is 0 Å². The highest BCUT2D eigenvalue weighted by Crippen LogP contribution is 2.20. The molecule has 0 saturated carbocycles. The van der Waals surface area contributed by atoms with E-state index >= 15 is 0 Å². The SMILES string of the molecule is CC(C)C(NS(=O)(=O)c1ccccc1F)C(=O)N1CCC(CN)C1. The Morgan fingerprint density at radius 1 is 1.42 bits per heavy atom. The van der Waals surface area contributed by atoms with Crippen molar-refractivity contribution < 1.29 is 17.6 Å². The molecule has 8 heteroatoms. The fraction of sp³-hybridized carbons (Fsp3) is 0.562. The summed E-state index contributed by atoms with van der Waals surface area (Å²) >= 11 is 0. The molecule has 1 aliphatic heterocycles. The van der Waals surface area contributed by atoms with Gasteiger partial charge in [-0.25, -0.2) is 12.8 Å².